The van der Waals surface area contributed by atoms with Gasteiger partial charge in [-0.1, -0.05) is 0 Å². The molecule has 2 atom stereocenters. The number of carbonyl (C=O) groups excluding carboxylic acids is 1. The molecule has 0 aromatic carbocycles. The number of hydrogen-bond acceptors (Lipinski definition) is 5. The molecule has 0 aliphatic carbocycles. The third kappa shape index (κ3) is 1.20. The summed E-state index contributed by atoms with van der Waals surface area (Å²) in [6.07, 6.45) is -3.12. The molecule has 0 fully saturated rings. The van der Waals surface area contributed by atoms with Crippen LogP contribution in [0.2, 0.25) is 0 Å². The highest BCUT2D eigenvalue weighted by Gasteiger charge is 2.39. The van der Waals surface area contributed by atoms with Crippen LogP contribution in [-0.2, 0) is 9.53 Å². The van der Waals surface area contributed by atoms with Gasteiger partial charge in [0.2, 0.25) is 5.76 Å². The molecule has 1 aliphatic rings. The van der Waals surface area contributed by atoms with Gasteiger partial charge in [0.15, 0.2) is 11.9 Å². The van der Waals surface area contributed by atoms with Crippen molar-refractivity contribution < 1.29 is 29.2 Å². The van der Waals surface area contributed by atoms with Crippen LogP contribution in [0.3, 0.4) is 0 Å². The van der Waals surface area contributed by atoms with E-state index in [9.17, 15) is 9.18 Å². The Bertz CT molecular complexity index is 236. The second-order valence-electron chi connectivity index (χ2n) is 2.28. The highest BCUT2D eigenvalue weighted by Crippen LogP contribution is 2.21. The maximum Gasteiger partial charge on any atom is 0.377 e. The van der Waals surface area contributed by atoms with Crippen LogP contribution in [0.15, 0.2) is 11.5 Å². The number of ether oxygens (including phenoxy) is 1. The minimum Gasteiger partial charge on any atom is -0.505 e. The summed E-state index contributed by atoms with van der Waals surface area (Å²) in [7, 11) is 0. The molecule has 68 valence electrons. The maximum atomic E-state index is 11.8. The molecule has 6 heteroatoms. The van der Waals surface area contributed by atoms with E-state index in [4.69, 9.17) is 15.3 Å². The van der Waals surface area contributed by atoms with Crippen molar-refractivity contribution >= 4 is 5.97 Å². The molecule has 1 aliphatic heterocycles. The average Bonchev–Trinajstić information content (AvgIpc) is 2.32. The first kappa shape index (κ1) is 8.79. The fourth-order valence-electron chi connectivity index (χ4n) is 0.808. The minimum absolute atomic E-state index is 0.829. The largest absolute Gasteiger partial charge is 0.505 e. The molecule has 12 heavy (non-hydrogen) atoms. The van der Waals surface area contributed by atoms with Crippen LogP contribution in [-0.4, -0.2) is 40.2 Å². The first-order valence-corrected chi connectivity index (χ1v) is 3.15. The summed E-state index contributed by atoms with van der Waals surface area (Å²) >= 11 is 0. The summed E-state index contributed by atoms with van der Waals surface area (Å²) in [5.74, 6) is -2.97. The third-order valence-electron chi connectivity index (χ3n) is 1.45. The number of carbonyl (C=O) groups is 1. The van der Waals surface area contributed by atoms with Gasteiger partial charge in [-0.25, -0.2) is 9.18 Å². The third-order valence-corrected chi connectivity index (χ3v) is 1.45. The van der Waals surface area contributed by atoms with E-state index < -0.39 is 36.4 Å². The lowest BCUT2D eigenvalue weighted by atomic mass is 10.2. The van der Waals surface area contributed by atoms with Crippen molar-refractivity contribution in [1.82, 2.24) is 0 Å². The summed E-state index contributed by atoms with van der Waals surface area (Å²) < 4.78 is 16.0. The lowest BCUT2D eigenvalue weighted by Crippen LogP contribution is -2.30. The zero-order valence-electron chi connectivity index (χ0n) is 5.90. The van der Waals surface area contributed by atoms with Crippen molar-refractivity contribution in [2.75, 3.05) is 6.67 Å². The van der Waals surface area contributed by atoms with Gasteiger partial charge >= 0.3 is 5.97 Å². The molecule has 5 nitrogen and oxygen atoms in total. The monoisotopic (exact) mass is 177 g/mol. The molecule has 3 N–H and O–H groups in total. The molecular formula is C6H7FO5. The van der Waals surface area contributed by atoms with Crippen LogP contribution in [0, 0.1) is 0 Å². The zero-order valence-corrected chi connectivity index (χ0v) is 5.90. The second-order valence-corrected chi connectivity index (χ2v) is 2.28. The molecule has 0 amide bonds. The van der Waals surface area contributed by atoms with Crippen molar-refractivity contribution in [1.29, 1.82) is 0 Å². The summed E-state index contributed by atoms with van der Waals surface area (Å²) in [4.78, 5) is 10.5. The van der Waals surface area contributed by atoms with E-state index >= 15 is 0 Å². The van der Waals surface area contributed by atoms with E-state index in [1.54, 1.807) is 0 Å². The van der Waals surface area contributed by atoms with Crippen molar-refractivity contribution in [2.24, 2.45) is 0 Å². The van der Waals surface area contributed by atoms with Gasteiger partial charge in [0.05, 0.1) is 0 Å². The van der Waals surface area contributed by atoms with E-state index in [2.05, 4.69) is 4.74 Å². The number of aliphatic hydroxyl groups is 3. The Morgan fingerprint density at radius 1 is 1.58 bits per heavy atom. The van der Waals surface area contributed by atoms with Crippen molar-refractivity contribution in [3.8, 4) is 0 Å². The number of halogens is 1. The molecular weight excluding hydrogens is 170 g/mol. The first-order chi connectivity index (χ1) is 5.57. The Balaban J connectivity index is 2.80. The Hall–Kier alpha value is -1.30. The van der Waals surface area contributed by atoms with Crippen LogP contribution in [0.25, 0.3) is 0 Å². The van der Waals surface area contributed by atoms with Crippen molar-refractivity contribution in [3.63, 3.8) is 0 Å². The molecule has 1 rings (SSSR count). The summed E-state index contributed by atoms with van der Waals surface area (Å²) in [6.45, 7) is -1.17. The van der Waals surface area contributed by atoms with Gasteiger partial charge in [-0.2, -0.15) is 0 Å². The molecule has 0 aromatic heterocycles. The number of rotatable bonds is 2. The molecule has 0 aromatic rings. The predicted molar refractivity (Wildman–Crippen MR) is 34.1 cm³/mol. The van der Waals surface area contributed by atoms with Crippen LogP contribution in [0.4, 0.5) is 4.39 Å². The number of esters is 1. The van der Waals surface area contributed by atoms with E-state index in [0.717, 1.165) is 0 Å². The molecule has 0 radical (unpaired) electrons. The Morgan fingerprint density at radius 3 is 2.50 bits per heavy atom. The molecule has 0 unspecified atom stereocenters. The van der Waals surface area contributed by atoms with Gasteiger partial charge < -0.3 is 20.1 Å². The van der Waals surface area contributed by atoms with Gasteiger partial charge in [-0.15, -0.1) is 0 Å². The highest BCUT2D eigenvalue weighted by atomic mass is 18.2. The number of alkyl halides is 1. The lowest BCUT2D eigenvalue weighted by Gasteiger charge is -2.13. The molecule has 0 saturated heterocycles. The first-order valence-electron chi connectivity index (χ1n) is 3.15. The van der Waals surface area contributed by atoms with Gasteiger partial charge in [-0.05, 0) is 0 Å². The van der Waals surface area contributed by atoms with Crippen LogP contribution in [0.5, 0.6) is 0 Å². The maximum absolute atomic E-state index is 11.8. The number of hydrogen-bond donors (Lipinski definition) is 3. The van der Waals surface area contributed by atoms with Gasteiger partial charge in [0.25, 0.3) is 0 Å². The fraction of sp³-hybridized carbons (Fsp3) is 0.500. The summed E-state index contributed by atoms with van der Waals surface area (Å²) in [6, 6.07) is 0. The van der Waals surface area contributed by atoms with E-state index in [-0.39, 0.29) is 0 Å². The highest BCUT2D eigenvalue weighted by molar-refractivity contribution is 5.89. The minimum atomic E-state index is -1.64. The molecule has 1 heterocycles. The predicted octanol–water partition coefficient (Wildman–Crippen LogP) is -0.430. The van der Waals surface area contributed by atoms with E-state index in [1.165, 1.54) is 0 Å². The SMILES string of the molecule is O=C1O[C@@H]([C@@H](O)C[18F])C(O)=C1O. The second kappa shape index (κ2) is 2.98. The van der Waals surface area contributed by atoms with Crippen LogP contribution in [0.1, 0.15) is 0 Å². The number of cyclic esters (lactones) is 1. The van der Waals surface area contributed by atoms with Crippen molar-refractivity contribution in [2.45, 2.75) is 12.2 Å². The molecule has 0 saturated carbocycles. The summed E-state index contributed by atoms with van der Waals surface area (Å²) in [5, 5.41) is 26.4. The Morgan fingerprint density at radius 2 is 2.17 bits per heavy atom. The van der Waals surface area contributed by atoms with Gasteiger partial charge in [0.1, 0.15) is 12.8 Å². The molecule has 0 bridgehead atoms. The van der Waals surface area contributed by atoms with E-state index in [1.807, 2.05) is 0 Å². The Labute approximate surface area is 66.7 Å². The average molecular weight is 177 g/mol. The quantitative estimate of drug-likeness (QED) is 0.498. The van der Waals surface area contributed by atoms with Gasteiger partial charge in [-0.3, -0.25) is 0 Å². The summed E-state index contributed by atoms with van der Waals surface area (Å²) in [5.41, 5.74) is 0. The van der Waals surface area contributed by atoms with Gasteiger partial charge in [0, 0.05) is 0 Å². The fourth-order valence-corrected chi connectivity index (χ4v) is 0.808. The van der Waals surface area contributed by atoms with Crippen LogP contribution < -0.4 is 0 Å². The normalized spacial score (nSPS) is 25.8. The molecule has 0 spiro atoms. The lowest BCUT2D eigenvalue weighted by molar-refractivity contribution is -0.147. The van der Waals surface area contributed by atoms with E-state index in [0.29, 0.717) is 0 Å². The Kier molecular flexibility index (Phi) is 2.18. The van der Waals surface area contributed by atoms with Crippen LogP contribution >= 0.6 is 0 Å². The smallest absolute Gasteiger partial charge is 0.377 e. The van der Waals surface area contributed by atoms with Crippen molar-refractivity contribution in [3.05, 3.63) is 11.5 Å². The standard InChI is InChI=1S/C6H7FO5/c7-1-2(8)5-3(9)4(10)6(11)12-5/h2,5,8-10H,1H2/t2-,5-/m0/s1/i7-1. The topological polar surface area (TPSA) is 87.0 Å². The zero-order chi connectivity index (χ0) is 9.30. The number of aliphatic hydroxyl groups excluding tert-OH is 3.